The van der Waals surface area contributed by atoms with Crippen molar-refractivity contribution in [2.45, 2.75) is 13.8 Å². The fraction of sp³-hybridized carbons (Fsp3) is 0.0290. The highest BCUT2D eigenvalue weighted by molar-refractivity contribution is 6.14. The van der Waals surface area contributed by atoms with Gasteiger partial charge in [0.1, 0.15) is 0 Å². The van der Waals surface area contributed by atoms with Gasteiger partial charge in [-0.2, -0.15) is 47.4 Å². The van der Waals surface area contributed by atoms with Gasteiger partial charge in [0.05, 0.1) is 138 Å². The Kier molecular flexibility index (Phi) is 12.1. The standard InChI is InChI=1S/C69H33N13/c1-39-11-40(2)80-69(79-39)62-29-68(82-65-26-51(55-20-45(34-74)14-46(21-55)35-75)5-9-60(65)61-10-6-52(27-66(61)82)56-22-47(36-76)15-48(23-56)37-77)67(28-57(62)38-78)81-63-24-49(53-16-41(30-70)12-42(17-53)31-71)3-7-58(63)59-8-4-50(25-64(59)81)54-18-43(32-72)13-44(19-54)33-73/h3-29H,1-2H3. The Morgan fingerprint density at radius 3 is 0.805 bits per heavy atom. The summed E-state index contributed by atoms with van der Waals surface area (Å²) in [6, 6.07) is 69.2. The lowest BCUT2D eigenvalue weighted by Gasteiger charge is -2.20. The molecular formula is C69H33N13. The van der Waals surface area contributed by atoms with E-state index in [1.165, 1.54) is 24.3 Å². The van der Waals surface area contributed by atoms with Gasteiger partial charge in [0.25, 0.3) is 0 Å². The summed E-state index contributed by atoms with van der Waals surface area (Å²) in [4.78, 5) is 9.79. The van der Waals surface area contributed by atoms with E-state index in [0.717, 1.165) is 21.5 Å². The molecule has 82 heavy (non-hydrogen) atoms. The van der Waals surface area contributed by atoms with Crippen molar-refractivity contribution in [1.82, 2.24) is 19.1 Å². The average Bonchev–Trinajstić information content (AvgIpc) is 4.26. The van der Waals surface area contributed by atoms with Crippen LogP contribution in [0.25, 0.3) is 111 Å². The first kappa shape index (κ1) is 49.9. The molecule has 0 bridgehead atoms. The number of aromatic nitrogens is 4. The summed E-state index contributed by atoms with van der Waals surface area (Å²) in [6.45, 7) is 3.72. The molecule has 0 radical (unpaired) electrons. The molecule has 0 aliphatic heterocycles. The van der Waals surface area contributed by atoms with Gasteiger partial charge in [0.15, 0.2) is 5.82 Å². The smallest absolute Gasteiger partial charge is 0.161 e. The molecule has 0 atom stereocenters. The Balaban J connectivity index is 1.28. The largest absolute Gasteiger partial charge is 0.307 e. The first-order chi connectivity index (χ1) is 39.9. The topological polar surface area (TPSA) is 250 Å². The van der Waals surface area contributed by atoms with Gasteiger partial charge in [-0.25, -0.2) is 9.97 Å². The van der Waals surface area contributed by atoms with Crippen molar-refractivity contribution in [2.24, 2.45) is 0 Å². The Morgan fingerprint density at radius 1 is 0.280 bits per heavy atom. The number of aryl methyl sites for hydroxylation is 2. The molecule has 0 spiro atoms. The third kappa shape index (κ3) is 8.55. The highest BCUT2D eigenvalue weighted by Crippen LogP contribution is 2.44. The van der Waals surface area contributed by atoms with E-state index in [4.69, 9.17) is 9.97 Å². The van der Waals surface area contributed by atoms with E-state index in [1.807, 2.05) is 105 Å². The SMILES string of the molecule is Cc1cc(C)nc(-c2cc(-n3c4cc(-c5cc(C#N)cc(C#N)c5)ccc4c4ccc(-c5cc(C#N)cc(C#N)c5)cc43)c(-n3c4cc(-c5cc(C#N)cc(C#N)c5)ccc4c4ccc(-c5cc(C#N)cc(C#N)c5)cc43)cc2C#N)n1. The van der Waals surface area contributed by atoms with Gasteiger partial charge >= 0.3 is 0 Å². The zero-order chi connectivity index (χ0) is 56.9. The second-order valence-electron chi connectivity index (χ2n) is 19.7. The molecule has 3 aromatic heterocycles. The van der Waals surface area contributed by atoms with Crippen LogP contribution in [0.2, 0.25) is 0 Å². The first-order valence-corrected chi connectivity index (χ1v) is 25.4. The van der Waals surface area contributed by atoms with Crippen LogP contribution in [0.3, 0.4) is 0 Å². The molecule has 374 valence electrons. The predicted molar refractivity (Wildman–Crippen MR) is 310 cm³/mol. The molecule has 0 saturated heterocycles. The molecule has 0 N–H and O–H groups in total. The van der Waals surface area contributed by atoms with E-state index in [0.29, 0.717) is 145 Å². The maximum absolute atomic E-state index is 11.4. The minimum absolute atomic E-state index is 0.240. The van der Waals surface area contributed by atoms with Crippen LogP contribution in [-0.2, 0) is 0 Å². The second-order valence-corrected chi connectivity index (χ2v) is 19.7. The van der Waals surface area contributed by atoms with Crippen LogP contribution in [0.1, 0.15) is 61.5 Å². The number of hydrogen-bond acceptors (Lipinski definition) is 11. The number of fused-ring (bicyclic) bond motifs is 6. The maximum Gasteiger partial charge on any atom is 0.161 e. The molecule has 13 nitrogen and oxygen atoms in total. The molecule has 0 aliphatic rings. The quantitative estimate of drug-likeness (QED) is 0.145. The van der Waals surface area contributed by atoms with Crippen molar-refractivity contribution in [3.63, 3.8) is 0 Å². The molecule has 3 heterocycles. The number of rotatable bonds is 7. The van der Waals surface area contributed by atoms with E-state index in [-0.39, 0.29) is 5.56 Å². The number of hydrogen-bond donors (Lipinski definition) is 0. The van der Waals surface area contributed by atoms with Crippen molar-refractivity contribution in [2.75, 3.05) is 0 Å². The molecular weight excluding hydrogens is 1010 g/mol. The molecule has 0 amide bonds. The Labute approximate surface area is 468 Å². The number of nitriles is 9. The fourth-order valence-electron chi connectivity index (χ4n) is 11.0. The monoisotopic (exact) mass is 1040 g/mol. The highest BCUT2D eigenvalue weighted by Gasteiger charge is 2.25. The Hall–Kier alpha value is -12.9. The van der Waals surface area contributed by atoms with Crippen molar-refractivity contribution < 1.29 is 0 Å². The summed E-state index contributed by atoms with van der Waals surface area (Å²) in [5.41, 5.74) is 13.5. The lowest BCUT2D eigenvalue weighted by molar-refractivity contribution is 1.05. The van der Waals surface area contributed by atoms with Gasteiger partial charge in [-0.1, -0.05) is 48.5 Å². The zero-order valence-electron chi connectivity index (χ0n) is 43.4. The van der Waals surface area contributed by atoms with Crippen LogP contribution in [-0.4, -0.2) is 19.1 Å². The van der Waals surface area contributed by atoms with E-state index in [9.17, 15) is 47.4 Å². The van der Waals surface area contributed by atoms with Crippen molar-refractivity contribution >= 4 is 43.6 Å². The molecule has 12 rings (SSSR count). The Bertz CT molecular complexity index is 4840. The first-order valence-electron chi connectivity index (χ1n) is 25.4. The normalized spacial score (nSPS) is 10.7. The van der Waals surface area contributed by atoms with E-state index in [2.05, 4.69) is 63.8 Å². The van der Waals surface area contributed by atoms with Crippen LogP contribution in [0.5, 0.6) is 0 Å². The van der Waals surface area contributed by atoms with Gasteiger partial charge in [0.2, 0.25) is 0 Å². The molecule has 9 aromatic carbocycles. The lowest BCUT2D eigenvalue weighted by atomic mass is 9.98. The third-order valence-corrected chi connectivity index (χ3v) is 14.6. The summed E-state index contributed by atoms with van der Waals surface area (Å²) in [6.07, 6.45) is 0. The summed E-state index contributed by atoms with van der Waals surface area (Å²) < 4.78 is 4.16. The van der Waals surface area contributed by atoms with Gasteiger partial charge in [0, 0.05) is 38.5 Å². The minimum atomic E-state index is 0.240. The lowest BCUT2D eigenvalue weighted by Crippen LogP contribution is -2.07. The fourth-order valence-corrected chi connectivity index (χ4v) is 11.0. The van der Waals surface area contributed by atoms with Crippen LogP contribution >= 0.6 is 0 Å². The van der Waals surface area contributed by atoms with E-state index in [1.54, 1.807) is 48.5 Å². The van der Waals surface area contributed by atoms with Crippen molar-refractivity contribution in [3.05, 3.63) is 225 Å². The average molecular weight is 1040 g/mol. The summed E-state index contributed by atoms with van der Waals surface area (Å²) in [5, 5.41) is 95.5. The van der Waals surface area contributed by atoms with Crippen LogP contribution < -0.4 is 0 Å². The van der Waals surface area contributed by atoms with Gasteiger partial charge in [-0.05, 0) is 174 Å². The predicted octanol–water partition coefficient (Wildman–Crippen LogP) is 14.5. The summed E-state index contributed by atoms with van der Waals surface area (Å²) in [5.74, 6) is 0.307. The van der Waals surface area contributed by atoms with Crippen LogP contribution in [0, 0.1) is 116 Å². The number of benzene rings is 9. The Morgan fingerprint density at radius 2 is 0.549 bits per heavy atom. The zero-order valence-corrected chi connectivity index (χ0v) is 43.4. The van der Waals surface area contributed by atoms with Crippen LogP contribution in [0.15, 0.2) is 164 Å². The van der Waals surface area contributed by atoms with Gasteiger partial charge in [-0.3, -0.25) is 0 Å². The van der Waals surface area contributed by atoms with Crippen molar-refractivity contribution in [3.8, 4) is 122 Å². The molecule has 0 unspecified atom stereocenters. The van der Waals surface area contributed by atoms with E-state index < -0.39 is 0 Å². The van der Waals surface area contributed by atoms with Crippen molar-refractivity contribution in [1.29, 1.82) is 47.4 Å². The summed E-state index contributed by atoms with van der Waals surface area (Å²) >= 11 is 0. The molecule has 12 aromatic rings. The van der Waals surface area contributed by atoms with Gasteiger partial charge < -0.3 is 9.13 Å². The molecule has 0 saturated carbocycles. The second kappa shape index (κ2) is 19.9. The van der Waals surface area contributed by atoms with E-state index >= 15 is 0 Å². The third-order valence-electron chi connectivity index (χ3n) is 14.6. The number of nitrogens with zero attached hydrogens (tertiary/aromatic N) is 13. The van der Waals surface area contributed by atoms with Crippen LogP contribution in [0.4, 0.5) is 0 Å². The molecule has 0 aliphatic carbocycles. The maximum atomic E-state index is 11.4. The highest BCUT2D eigenvalue weighted by atomic mass is 15.1. The van der Waals surface area contributed by atoms with Gasteiger partial charge in [-0.15, -0.1) is 0 Å². The molecule has 13 heteroatoms. The summed E-state index contributed by atoms with van der Waals surface area (Å²) in [7, 11) is 0. The molecule has 0 fully saturated rings. The minimum Gasteiger partial charge on any atom is -0.307 e.